The van der Waals surface area contributed by atoms with E-state index in [0.717, 1.165) is 19.3 Å². The summed E-state index contributed by atoms with van der Waals surface area (Å²) in [5, 5.41) is 9.73. The van der Waals surface area contributed by atoms with Crippen molar-refractivity contribution in [2.45, 2.75) is 30.3 Å². The van der Waals surface area contributed by atoms with Crippen molar-refractivity contribution < 1.29 is 13.5 Å². The Morgan fingerprint density at radius 2 is 2.05 bits per heavy atom. The van der Waals surface area contributed by atoms with E-state index in [2.05, 4.69) is 36.6 Å². The molecule has 1 saturated carbocycles. The highest BCUT2D eigenvalue weighted by molar-refractivity contribution is 9.11. The third-order valence-electron chi connectivity index (χ3n) is 3.46. The molecule has 4 N–H and O–H groups in total. The zero-order valence-electron chi connectivity index (χ0n) is 10.6. The average molecular weight is 428 g/mol. The second-order valence-corrected chi connectivity index (χ2v) is 8.39. The molecule has 2 rings (SSSR count). The quantitative estimate of drug-likeness (QED) is 0.642. The number of hydrogen-bond donors (Lipinski definition) is 3. The molecular weight excluding hydrogens is 412 g/mol. The molecule has 20 heavy (non-hydrogen) atoms. The summed E-state index contributed by atoms with van der Waals surface area (Å²) in [6, 6.07) is 3.18. The highest BCUT2D eigenvalue weighted by Crippen LogP contribution is 2.32. The molecule has 5 nitrogen and oxygen atoms in total. The molecule has 1 aromatic carbocycles. The van der Waals surface area contributed by atoms with Gasteiger partial charge in [0.05, 0.1) is 11.8 Å². The van der Waals surface area contributed by atoms with Crippen LogP contribution in [0.4, 0.5) is 5.69 Å². The summed E-state index contributed by atoms with van der Waals surface area (Å²) in [4.78, 5) is 0.0354. The minimum atomic E-state index is -3.70. The Bertz CT molecular complexity index is 584. The van der Waals surface area contributed by atoms with E-state index >= 15 is 0 Å². The van der Waals surface area contributed by atoms with Crippen molar-refractivity contribution >= 4 is 47.6 Å². The molecule has 0 aromatic heterocycles. The molecule has 0 radical (unpaired) electrons. The van der Waals surface area contributed by atoms with Gasteiger partial charge in [0, 0.05) is 15.5 Å². The molecule has 8 heteroatoms. The van der Waals surface area contributed by atoms with E-state index in [1.165, 1.54) is 0 Å². The second-order valence-electron chi connectivity index (χ2n) is 4.92. The highest BCUT2D eigenvalue weighted by atomic mass is 79.9. The van der Waals surface area contributed by atoms with Crippen LogP contribution in [0.1, 0.15) is 19.3 Å². The lowest BCUT2D eigenvalue weighted by Crippen LogP contribution is -2.33. The number of anilines is 1. The van der Waals surface area contributed by atoms with E-state index in [1.54, 1.807) is 12.1 Å². The van der Waals surface area contributed by atoms with Crippen LogP contribution in [0.2, 0.25) is 0 Å². The van der Waals surface area contributed by atoms with Crippen LogP contribution >= 0.6 is 31.9 Å². The first-order valence-electron chi connectivity index (χ1n) is 6.23. The van der Waals surface area contributed by atoms with Gasteiger partial charge in [-0.25, -0.2) is 13.1 Å². The predicted octanol–water partition coefficient (Wildman–Crippen LogP) is 2.23. The molecule has 0 bridgehead atoms. The van der Waals surface area contributed by atoms with E-state index in [1.807, 2.05) is 0 Å². The lowest BCUT2D eigenvalue weighted by Gasteiger charge is -2.16. The first-order chi connectivity index (χ1) is 9.31. The van der Waals surface area contributed by atoms with E-state index < -0.39 is 16.1 Å². The fourth-order valence-corrected chi connectivity index (χ4v) is 5.57. The summed E-state index contributed by atoms with van der Waals surface area (Å²) in [6.07, 6.45) is 2.07. The summed E-state index contributed by atoms with van der Waals surface area (Å²) in [5.74, 6) is -0.0276. The maximum absolute atomic E-state index is 12.3. The first-order valence-corrected chi connectivity index (χ1v) is 9.30. The number of rotatable bonds is 4. The molecule has 1 aromatic rings. The largest absolute Gasteiger partial charge is 0.398 e. The van der Waals surface area contributed by atoms with Crippen molar-refractivity contribution in [3.63, 3.8) is 0 Å². The van der Waals surface area contributed by atoms with E-state index in [9.17, 15) is 13.5 Å². The Labute approximate surface area is 135 Å². The molecule has 1 aliphatic carbocycles. The third kappa shape index (κ3) is 3.54. The van der Waals surface area contributed by atoms with Crippen molar-refractivity contribution in [1.29, 1.82) is 0 Å². The Morgan fingerprint density at radius 3 is 2.60 bits per heavy atom. The maximum Gasteiger partial charge on any atom is 0.243 e. The summed E-state index contributed by atoms with van der Waals surface area (Å²) >= 11 is 6.48. The van der Waals surface area contributed by atoms with Gasteiger partial charge >= 0.3 is 0 Å². The van der Waals surface area contributed by atoms with Crippen LogP contribution in [-0.2, 0) is 10.0 Å². The highest BCUT2D eigenvalue weighted by Gasteiger charge is 2.28. The third-order valence-corrected chi connectivity index (χ3v) is 6.35. The Kier molecular flexibility index (Phi) is 5.12. The van der Waals surface area contributed by atoms with Gasteiger partial charge in [-0.15, -0.1) is 0 Å². The number of nitrogens with two attached hydrogens (primary N) is 1. The van der Waals surface area contributed by atoms with Gasteiger partial charge in [0.25, 0.3) is 0 Å². The van der Waals surface area contributed by atoms with Crippen LogP contribution in [0, 0.1) is 5.92 Å². The Balaban J connectivity index is 2.18. The predicted molar refractivity (Wildman–Crippen MR) is 84.8 cm³/mol. The topological polar surface area (TPSA) is 92.4 Å². The molecule has 1 aliphatic rings. The zero-order chi connectivity index (χ0) is 14.9. The van der Waals surface area contributed by atoms with Crippen LogP contribution in [0.3, 0.4) is 0 Å². The van der Waals surface area contributed by atoms with Gasteiger partial charge in [-0.2, -0.15) is 0 Å². The monoisotopic (exact) mass is 426 g/mol. The molecule has 0 spiro atoms. The van der Waals surface area contributed by atoms with Gasteiger partial charge in [0.2, 0.25) is 10.0 Å². The van der Waals surface area contributed by atoms with Gasteiger partial charge in [-0.05, 0) is 46.8 Å². The van der Waals surface area contributed by atoms with E-state index in [0.29, 0.717) is 8.95 Å². The molecule has 0 heterocycles. The van der Waals surface area contributed by atoms with Gasteiger partial charge in [0.1, 0.15) is 4.90 Å². The van der Waals surface area contributed by atoms with Crippen LogP contribution in [0.5, 0.6) is 0 Å². The Hall–Kier alpha value is -0.150. The number of benzene rings is 1. The Morgan fingerprint density at radius 1 is 1.35 bits per heavy atom. The normalized spacial score (nSPS) is 23.1. The van der Waals surface area contributed by atoms with Crippen molar-refractivity contribution in [3.05, 3.63) is 21.1 Å². The zero-order valence-corrected chi connectivity index (χ0v) is 14.6. The number of aliphatic hydroxyl groups is 1. The summed E-state index contributed by atoms with van der Waals surface area (Å²) in [7, 11) is -3.70. The van der Waals surface area contributed by atoms with Crippen LogP contribution in [0.15, 0.2) is 26.0 Å². The van der Waals surface area contributed by atoms with E-state index in [-0.39, 0.29) is 23.0 Å². The molecule has 0 saturated heterocycles. The molecule has 112 valence electrons. The van der Waals surface area contributed by atoms with Gasteiger partial charge in [-0.3, -0.25) is 0 Å². The SMILES string of the molecule is Nc1cc(Br)cc(Br)c1S(=O)(=O)NCC1CCCC1O. The maximum atomic E-state index is 12.3. The molecule has 0 aliphatic heterocycles. The van der Waals surface area contributed by atoms with E-state index in [4.69, 9.17) is 5.73 Å². The number of nitrogen functional groups attached to an aromatic ring is 1. The number of aliphatic hydroxyl groups excluding tert-OH is 1. The molecule has 2 unspecified atom stereocenters. The lowest BCUT2D eigenvalue weighted by molar-refractivity contribution is 0.134. The van der Waals surface area contributed by atoms with Crippen LogP contribution in [-0.4, -0.2) is 26.2 Å². The van der Waals surface area contributed by atoms with Crippen molar-refractivity contribution in [3.8, 4) is 0 Å². The second kappa shape index (κ2) is 6.31. The first kappa shape index (κ1) is 16.2. The molecule has 0 amide bonds. The van der Waals surface area contributed by atoms with Crippen LogP contribution in [0.25, 0.3) is 0 Å². The van der Waals surface area contributed by atoms with Crippen molar-refractivity contribution in [1.82, 2.24) is 4.72 Å². The molecular formula is C12H16Br2N2O3S. The number of halogens is 2. The summed E-state index contributed by atoms with van der Waals surface area (Å²) in [6.45, 7) is 0.228. The average Bonchev–Trinajstić information content (AvgIpc) is 2.70. The lowest BCUT2D eigenvalue weighted by atomic mass is 10.1. The number of nitrogens with one attached hydrogen (secondary N) is 1. The summed E-state index contributed by atoms with van der Waals surface area (Å²) < 4.78 is 28.3. The minimum absolute atomic E-state index is 0.0276. The van der Waals surface area contributed by atoms with Gasteiger partial charge in [0.15, 0.2) is 0 Å². The smallest absolute Gasteiger partial charge is 0.243 e. The van der Waals surface area contributed by atoms with Crippen molar-refractivity contribution in [2.24, 2.45) is 5.92 Å². The van der Waals surface area contributed by atoms with Crippen LogP contribution < -0.4 is 10.5 Å². The molecule has 2 atom stereocenters. The fourth-order valence-electron chi connectivity index (χ4n) is 2.41. The fraction of sp³-hybridized carbons (Fsp3) is 0.500. The van der Waals surface area contributed by atoms with Gasteiger partial charge < -0.3 is 10.8 Å². The minimum Gasteiger partial charge on any atom is -0.398 e. The number of hydrogen-bond acceptors (Lipinski definition) is 4. The van der Waals surface area contributed by atoms with Crippen molar-refractivity contribution in [2.75, 3.05) is 12.3 Å². The standard InChI is InChI=1S/C12H16Br2N2O3S/c13-8-4-9(14)12(10(15)5-8)20(18,19)16-6-7-2-1-3-11(7)17/h4-5,7,11,16-17H,1-3,6,15H2. The van der Waals surface area contributed by atoms with Gasteiger partial charge in [-0.1, -0.05) is 22.4 Å². The molecule has 1 fully saturated rings. The summed E-state index contributed by atoms with van der Waals surface area (Å²) in [5.41, 5.74) is 5.96. The number of sulfonamides is 1.